The molecule has 0 fully saturated rings. The summed E-state index contributed by atoms with van der Waals surface area (Å²) in [6.45, 7) is 5.18. The molecule has 19 heavy (non-hydrogen) atoms. The average Bonchev–Trinajstić information content (AvgIpc) is 2.79. The summed E-state index contributed by atoms with van der Waals surface area (Å²) in [4.78, 5) is 4.28. The molecule has 0 aliphatic carbocycles. The highest BCUT2D eigenvalue weighted by Gasteiger charge is 2.10. The van der Waals surface area contributed by atoms with E-state index >= 15 is 0 Å². The lowest BCUT2D eigenvalue weighted by atomic mass is 10.2. The number of rotatable bonds is 5. The van der Waals surface area contributed by atoms with Gasteiger partial charge in [-0.05, 0) is 12.1 Å². The van der Waals surface area contributed by atoms with Gasteiger partial charge in [0.25, 0.3) is 0 Å². The summed E-state index contributed by atoms with van der Waals surface area (Å²) >= 11 is 6.04. The van der Waals surface area contributed by atoms with Crippen molar-refractivity contribution in [3.8, 4) is 0 Å². The Morgan fingerprint density at radius 3 is 2.89 bits per heavy atom. The molecule has 5 heteroatoms. The van der Waals surface area contributed by atoms with Crippen LogP contribution >= 0.6 is 11.6 Å². The molecule has 1 heterocycles. The molecule has 1 aromatic heterocycles. The van der Waals surface area contributed by atoms with Crippen LogP contribution in [-0.4, -0.2) is 15.6 Å². The molecule has 0 saturated heterocycles. The van der Waals surface area contributed by atoms with Gasteiger partial charge in [-0.3, -0.25) is 0 Å². The van der Waals surface area contributed by atoms with E-state index in [1.54, 1.807) is 18.3 Å². The molecule has 3 nitrogen and oxygen atoms in total. The number of halogens is 2. The van der Waals surface area contributed by atoms with E-state index in [-0.39, 0.29) is 5.82 Å². The number of benzene rings is 1. The third-order valence-corrected chi connectivity index (χ3v) is 3.21. The van der Waals surface area contributed by atoms with Gasteiger partial charge < -0.3 is 9.88 Å². The third kappa shape index (κ3) is 3.55. The second-order valence-corrected chi connectivity index (χ2v) is 5.11. The maximum Gasteiger partial charge on any atom is 0.129 e. The van der Waals surface area contributed by atoms with E-state index in [9.17, 15) is 4.39 Å². The SMILES string of the molecule is CC(C)NCc1nccn1Cc1c(F)cccc1Cl. The van der Waals surface area contributed by atoms with Gasteiger partial charge in [0.05, 0.1) is 13.1 Å². The number of hydrogen-bond donors (Lipinski definition) is 1. The van der Waals surface area contributed by atoms with Gasteiger partial charge in [0.1, 0.15) is 11.6 Å². The van der Waals surface area contributed by atoms with Crippen LogP contribution in [0.5, 0.6) is 0 Å². The Morgan fingerprint density at radius 1 is 1.42 bits per heavy atom. The number of hydrogen-bond acceptors (Lipinski definition) is 2. The van der Waals surface area contributed by atoms with Crippen LogP contribution in [0.2, 0.25) is 5.02 Å². The highest BCUT2D eigenvalue weighted by molar-refractivity contribution is 6.31. The summed E-state index contributed by atoms with van der Waals surface area (Å²) in [5, 5.41) is 3.73. The van der Waals surface area contributed by atoms with Crippen LogP contribution in [-0.2, 0) is 13.1 Å². The van der Waals surface area contributed by atoms with Crippen molar-refractivity contribution >= 4 is 11.6 Å². The summed E-state index contributed by atoms with van der Waals surface area (Å²) in [5.41, 5.74) is 0.493. The molecule has 2 rings (SSSR count). The largest absolute Gasteiger partial charge is 0.329 e. The molecule has 1 aromatic carbocycles. The smallest absolute Gasteiger partial charge is 0.129 e. The van der Waals surface area contributed by atoms with E-state index in [4.69, 9.17) is 11.6 Å². The first-order valence-electron chi connectivity index (χ1n) is 6.24. The minimum Gasteiger partial charge on any atom is -0.329 e. The van der Waals surface area contributed by atoms with Gasteiger partial charge in [0, 0.05) is 29.0 Å². The number of aromatic nitrogens is 2. The van der Waals surface area contributed by atoms with Crippen LogP contribution in [0.15, 0.2) is 30.6 Å². The molecule has 102 valence electrons. The lowest BCUT2D eigenvalue weighted by molar-refractivity contribution is 0.547. The minimum absolute atomic E-state index is 0.288. The molecular formula is C14H17ClFN3. The zero-order valence-corrected chi connectivity index (χ0v) is 11.8. The van der Waals surface area contributed by atoms with Gasteiger partial charge in [0.15, 0.2) is 0 Å². The number of nitrogens with one attached hydrogen (secondary N) is 1. The fraction of sp³-hybridized carbons (Fsp3) is 0.357. The molecular weight excluding hydrogens is 265 g/mol. The fourth-order valence-electron chi connectivity index (χ4n) is 1.80. The second-order valence-electron chi connectivity index (χ2n) is 4.71. The molecule has 0 bridgehead atoms. The molecule has 2 aromatic rings. The Bertz CT molecular complexity index is 531. The van der Waals surface area contributed by atoms with Crippen molar-refractivity contribution in [2.45, 2.75) is 33.0 Å². The van der Waals surface area contributed by atoms with Gasteiger partial charge in [-0.1, -0.05) is 31.5 Å². The summed E-state index contributed by atoms with van der Waals surface area (Å²) in [6.07, 6.45) is 3.55. The van der Waals surface area contributed by atoms with E-state index in [2.05, 4.69) is 24.1 Å². The van der Waals surface area contributed by atoms with Crippen LogP contribution in [0.3, 0.4) is 0 Å². The van der Waals surface area contributed by atoms with E-state index < -0.39 is 0 Å². The lowest BCUT2D eigenvalue weighted by Gasteiger charge is -2.12. The first kappa shape index (κ1) is 14.0. The Hall–Kier alpha value is -1.39. The van der Waals surface area contributed by atoms with Crippen molar-refractivity contribution in [2.75, 3.05) is 0 Å². The molecule has 1 N–H and O–H groups in total. The van der Waals surface area contributed by atoms with Crippen LogP contribution in [0, 0.1) is 5.82 Å². The second kappa shape index (κ2) is 6.17. The van der Waals surface area contributed by atoms with Crippen LogP contribution in [0.25, 0.3) is 0 Å². The van der Waals surface area contributed by atoms with Gasteiger partial charge >= 0.3 is 0 Å². The molecule has 0 amide bonds. The molecule has 0 aliphatic heterocycles. The maximum atomic E-state index is 13.8. The monoisotopic (exact) mass is 281 g/mol. The zero-order valence-electron chi connectivity index (χ0n) is 11.0. The number of imidazole rings is 1. The van der Waals surface area contributed by atoms with E-state index in [0.29, 0.717) is 29.7 Å². The fourth-order valence-corrected chi connectivity index (χ4v) is 2.02. The van der Waals surface area contributed by atoms with Crippen molar-refractivity contribution in [1.82, 2.24) is 14.9 Å². The molecule has 0 radical (unpaired) electrons. The quantitative estimate of drug-likeness (QED) is 0.912. The van der Waals surface area contributed by atoms with Gasteiger partial charge in [-0.15, -0.1) is 0 Å². The van der Waals surface area contributed by atoms with Crippen molar-refractivity contribution in [2.24, 2.45) is 0 Å². The topological polar surface area (TPSA) is 29.9 Å². The van der Waals surface area contributed by atoms with Gasteiger partial charge in [0.2, 0.25) is 0 Å². The predicted molar refractivity (Wildman–Crippen MR) is 74.7 cm³/mol. The summed E-state index contributed by atoms with van der Waals surface area (Å²) in [5.74, 6) is 0.581. The van der Waals surface area contributed by atoms with E-state index in [1.165, 1.54) is 6.07 Å². The summed E-state index contributed by atoms with van der Waals surface area (Å²) in [6, 6.07) is 5.10. The molecule has 0 aliphatic rings. The Morgan fingerprint density at radius 2 is 2.21 bits per heavy atom. The van der Waals surface area contributed by atoms with Crippen molar-refractivity contribution < 1.29 is 4.39 Å². The summed E-state index contributed by atoms with van der Waals surface area (Å²) in [7, 11) is 0. The van der Waals surface area contributed by atoms with Crippen LogP contribution in [0.4, 0.5) is 4.39 Å². The normalized spacial score (nSPS) is 11.2. The van der Waals surface area contributed by atoms with Crippen molar-refractivity contribution in [1.29, 1.82) is 0 Å². The Balaban J connectivity index is 2.17. The summed E-state index contributed by atoms with van der Waals surface area (Å²) < 4.78 is 15.7. The Kier molecular flexibility index (Phi) is 4.56. The molecule has 0 unspecified atom stereocenters. The Labute approximate surface area is 117 Å². The highest BCUT2D eigenvalue weighted by Crippen LogP contribution is 2.20. The maximum absolute atomic E-state index is 13.8. The van der Waals surface area contributed by atoms with Crippen molar-refractivity contribution in [3.63, 3.8) is 0 Å². The number of nitrogens with zero attached hydrogens (tertiary/aromatic N) is 2. The van der Waals surface area contributed by atoms with E-state index in [0.717, 1.165) is 5.82 Å². The van der Waals surface area contributed by atoms with Gasteiger partial charge in [-0.25, -0.2) is 9.37 Å². The van der Waals surface area contributed by atoms with Crippen molar-refractivity contribution in [3.05, 3.63) is 52.8 Å². The highest BCUT2D eigenvalue weighted by atomic mass is 35.5. The van der Waals surface area contributed by atoms with Gasteiger partial charge in [-0.2, -0.15) is 0 Å². The van der Waals surface area contributed by atoms with Crippen LogP contribution in [0.1, 0.15) is 25.2 Å². The lowest BCUT2D eigenvalue weighted by Crippen LogP contribution is -2.24. The van der Waals surface area contributed by atoms with Crippen LogP contribution < -0.4 is 5.32 Å². The zero-order chi connectivity index (χ0) is 13.8. The molecule has 0 atom stereocenters. The predicted octanol–water partition coefficient (Wildman–Crippen LogP) is 3.22. The minimum atomic E-state index is -0.288. The molecule has 0 spiro atoms. The standard InChI is InChI=1S/C14H17ClFN3/c1-10(2)18-8-14-17-6-7-19(14)9-11-12(15)4-3-5-13(11)16/h3-7,10,18H,8-9H2,1-2H3. The molecule has 0 saturated carbocycles. The third-order valence-electron chi connectivity index (χ3n) is 2.86. The van der Waals surface area contributed by atoms with E-state index in [1.807, 2.05) is 10.8 Å². The first-order valence-corrected chi connectivity index (χ1v) is 6.62. The average molecular weight is 282 g/mol. The first-order chi connectivity index (χ1) is 9.08.